The fourth-order valence-corrected chi connectivity index (χ4v) is 2.10. The van der Waals surface area contributed by atoms with Crippen LogP contribution < -0.4 is 11.1 Å². The minimum Gasteiger partial charge on any atom is -0.369 e. The number of carbonyl (C=O) groups is 2. The number of aryl methyl sites for hydroxylation is 1. The number of carbonyl (C=O) groups excluding carboxylic acids is 2. The van der Waals surface area contributed by atoms with E-state index in [4.69, 9.17) is 5.73 Å². The summed E-state index contributed by atoms with van der Waals surface area (Å²) in [6.07, 6.45) is 1.81. The van der Waals surface area contributed by atoms with Gasteiger partial charge in [-0.05, 0) is 43.2 Å². The quantitative estimate of drug-likeness (QED) is 0.849. The zero-order chi connectivity index (χ0) is 16.8. The smallest absolute Gasteiger partial charge is 0.252 e. The van der Waals surface area contributed by atoms with Gasteiger partial charge in [0.2, 0.25) is 5.91 Å². The van der Waals surface area contributed by atoms with Crippen molar-refractivity contribution in [1.82, 2.24) is 10.3 Å². The number of benzene rings is 1. The molecule has 120 valence electrons. The van der Waals surface area contributed by atoms with Gasteiger partial charge in [-0.15, -0.1) is 0 Å². The molecule has 0 bridgehead atoms. The summed E-state index contributed by atoms with van der Waals surface area (Å²) in [6, 6.07) is 9.23. The molecule has 1 heterocycles. The monoisotopic (exact) mass is 315 g/mol. The molecular formula is C17H18FN3O2. The zero-order valence-corrected chi connectivity index (χ0v) is 12.8. The molecule has 0 saturated carbocycles. The lowest BCUT2D eigenvalue weighted by molar-refractivity contribution is -0.121. The topological polar surface area (TPSA) is 85.1 Å². The fourth-order valence-electron chi connectivity index (χ4n) is 2.10. The first kappa shape index (κ1) is 16.6. The second-order valence-electron chi connectivity index (χ2n) is 5.33. The average molecular weight is 315 g/mol. The Hall–Kier alpha value is -2.76. The summed E-state index contributed by atoms with van der Waals surface area (Å²) >= 11 is 0. The highest BCUT2D eigenvalue weighted by Gasteiger charge is 2.18. The van der Waals surface area contributed by atoms with Crippen LogP contribution in [-0.4, -0.2) is 23.3 Å². The number of halogens is 1. The number of aromatic nitrogens is 1. The van der Waals surface area contributed by atoms with Crippen LogP contribution in [0.2, 0.25) is 0 Å². The van der Waals surface area contributed by atoms with Crippen molar-refractivity contribution >= 4 is 11.8 Å². The summed E-state index contributed by atoms with van der Waals surface area (Å²) in [5.74, 6) is -1.74. The Balaban J connectivity index is 1.96. The summed E-state index contributed by atoms with van der Waals surface area (Å²) < 4.78 is 12.9. The predicted molar refractivity (Wildman–Crippen MR) is 84.1 cm³/mol. The van der Waals surface area contributed by atoms with Gasteiger partial charge >= 0.3 is 0 Å². The molecule has 0 aliphatic carbocycles. The molecule has 3 N–H and O–H groups in total. The number of hydrogen-bond acceptors (Lipinski definition) is 3. The van der Waals surface area contributed by atoms with Gasteiger partial charge in [-0.2, -0.15) is 0 Å². The second-order valence-corrected chi connectivity index (χ2v) is 5.33. The van der Waals surface area contributed by atoms with Crippen LogP contribution in [0.3, 0.4) is 0 Å². The van der Waals surface area contributed by atoms with Gasteiger partial charge in [0.25, 0.3) is 5.91 Å². The fraction of sp³-hybridized carbons (Fsp3) is 0.235. The molecule has 2 amide bonds. The molecule has 0 aliphatic rings. The first-order chi connectivity index (χ1) is 11.0. The Kier molecular flexibility index (Phi) is 5.41. The summed E-state index contributed by atoms with van der Waals surface area (Å²) in [4.78, 5) is 27.6. The van der Waals surface area contributed by atoms with Gasteiger partial charge in [-0.1, -0.05) is 12.1 Å². The van der Waals surface area contributed by atoms with Gasteiger partial charge in [0, 0.05) is 18.4 Å². The molecule has 2 aromatic rings. The van der Waals surface area contributed by atoms with Crippen molar-refractivity contribution in [1.29, 1.82) is 0 Å². The van der Waals surface area contributed by atoms with E-state index in [-0.39, 0.29) is 18.3 Å². The minimum atomic E-state index is -0.567. The predicted octanol–water partition coefficient (Wildman–Crippen LogP) is 1.60. The molecule has 5 nitrogen and oxygen atoms in total. The van der Waals surface area contributed by atoms with Crippen LogP contribution in [0.15, 0.2) is 42.6 Å². The maximum atomic E-state index is 12.9. The maximum Gasteiger partial charge on any atom is 0.252 e. The van der Waals surface area contributed by atoms with E-state index >= 15 is 0 Å². The van der Waals surface area contributed by atoms with Gasteiger partial charge in [0.15, 0.2) is 0 Å². The van der Waals surface area contributed by atoms with E-state index in [2.05, 4.69) is 10.3 Å². The normalized spacial score (nSPS) is 11.7. The lowest BCUT2D eigenvalue weighted by Crippen LogP contribution is -2.37. The van der Waals surface area contributed by atoms with Crippen LogP contribution in [-0.2, 0) is 11.2 Å². The van der Waals surface area contributed by atoms with Crippen molar-refractivity contribution in [2.45, 2.75) is 13.3 Å². The van der Waals surface area contributed by atoms with E-state index in [1.54, 1.807) is 24.3 Å². The molecule has 0 spiro atoms. The Morgan fingerprint density at radius 3 is 2.48 bits per heavy atom. The van der Waals surface area contributed by atoms with E-state index in [1.807, 2.05) is 6.92 Å². The molecule has 1 unspecified atom stereocenters. The molecule has 6 heteroatoms. The van der Waals surface area contributed by atoms with E-state index < -0.39 is 11.8 Å². The number of rotatable bonds is 6. The summed E-state index contributed by atoms with van der Waals surface area (Å²) in [6.45, 7) is 1.94. The lowest BCUT2D eigenvalue weighted by atomic mass is 9.98. The summed E-state index contributed by atoms with van der Waals surface area (Å²) in [5.41, 5.74) is 7.39. The van der Waals surface area contributed by atoms with Crippen LogP contribution in [0.1, 0.15) is 21.6 Å². The standard InChI is InChI=1S/C17H18FN3O2/c1-11-2-5-13(9-20-11)17(23)21-10-14(16(19)22)8-12-3-6-15(18)7-4-12/h2-7,9,14H,8,10H2,1H3,(H2,19,22)(H,21,23). The molecule has 23 heavy (non-hydrogen) atoms. The Bertz CT molecular complexity index is 684. The van der Waals surface area contributed by atoms with Crippen molar-refractivity contribution in [3.63, 3.8) is 0 Å². The molecule has 0 radical (unpaired) electrons. The van der Waals surface area contributed by atoms with Crippen molar-refractivity contribution in [2.75, 3.05) is 6.54 Å². The molecule has 2 rings (SSSR count). The van der Waals surface area contributed by atoms with Crippen LogP contribution in [0.25, 0.3) is 0 Å². The first-order valence-electron chi connectivity index (χ1n) is 7.20. The van der Waals surface area contributed by atoms with E-state index in [0.717, 1.165) is 11.3 Å². The third-order valence-electron chi connectivity index (χ3n) is 3.48. The third-order valence-corrected chi connectivity index (χ3v) is 3.48. The third kappa shape index (κ3) is 4.88. The molecule has 0 aliphatic heterocycles. The Morgan fingerprint density at radius 1 is 1.22 bits per heavy atom. The van der Waals surface area contributed by atoms with Crippen LogP contribution in [0.4, 0.5) is 4.39 Å². The number of nitrogens with two attached hydrogens (primary N) is 1. The number of pyridine rings is 1. The number of hydrogen-bond donors (Lipinski definition) is 2. The molecule has 1 aromatic heterocycles. The summed E-state index contributed by atoms with van der Waals surface area (Å²) in [7, 11) is 0. The molecular weight excluding hydrogens is 297 g/mol. The molecule has 1 aromatic carbocycles. The van der Waals surface area contributed by atoms with Crippen molar-refractivity contribution in [3.05, 3.63) is 65.2 Å². The van der Waals surface area contributed by atoms with Gasteiger partial charge in [0.1, 0.15) is 5.82 Å². The first-order valence-corrected chi connectivity index (χ1v) is 7.20. The van der Waals surface area contributed by atoms with Gasteiger partial charge < -0.3 is 11.1 Å². The average Bonchev–Trinajstić information content (AvgIpc) is 2.53. The maximum absolute atomic E-state index is 12.9. The van der Waals surface area contributed by atoms with E-state index in [0.29, 0.717) is 12.0 Å². The van der Waals surface area contributed by atoms with Crippen molar-refractivity contribution in [3.8, 4) is 0 Å². The molecule has 1 atom stereocenters. The van der Waals surface area contributed by atoms with E-state index in [9.17, 15) is 14.0 Å². The van der Waals surface area contributed by atoms with Crippen molar-refractivity contribution in [2.24, 2.45) is 11.7 Å². The van der Waals surface area contributed by atoms with Crippen LogP contribution in [0.5, 0.6) is 0 Å². The van der Waals surface area contributed by atoms with Gasteiger partial charge in [0.05, 0.1) is 11.5 Å². The number of nitrogens with one attached hydrogen (secondary N) is 1. The highest BCUT2D eigenvalue weighted by Crippen LogP contribution is 2.10. The van der Waals surface area contributed by atoms with Crippen LogP contribution in [0, 0.1) is 18.7 Å². The molecule has 0 saturated heterocycles. The van der Waals surface area contributed by atoms with Crippen LogP contribution >= 0.6 is 0 Å². The Morgan fingerprint density at radius 2 is 1.91 bits per heavy atom. The summed E-state index contributed by atoms with van der Waals surface area (Å²) in [5, 5.41) is 2.68. The second kappa shape index (κ2) is 7.49. The number of amides is 2. The Labute approximate surface area is 133 Å². The van der Waals surface area contributed by atoms with Gasteiger partial charge in [-0.25, -0.2) is 4.39 Å². The minimum absolute atomic E-state index is 0.111. The largest absolute Gasteiger partial charge is 0.369 e. The zero-order valence-electron chi connectivity index (χ0n) is 12.8. The number of nitrogens with zero attached hydrogens (tertiary/aromatic N) is 1. The number of primary amides is 1. The van der Waals surface area contributed by atoms with Crippen molar-refractivity contribution < 1.29 is 14.0 Å². The highest BCUT2D eigenvalue weighted by atomic mass is 19.1. The molecule has 0 fully saturated rings. The SMILES string of the molecule is Cc1ccc(C(=O)NCC(Cc2ccc(F)cc2)C(N)=O)cn1. The van der Waals surface area contributed by atoms with Gasteiger partial charge in [-0.3, -0.25) is 14.6 Å². The lowest BCUT2D eigenvalue weighted by Gasteiger charge is -2.14. The highest BCUT2D eigenvalue weighted by molar-refractivity contribution is 5.94. The van der Waals surface area contributed by atoms with E-state index in [1.165, 1.54) is 18.3 Å².